The van der Waals surface area contributed by atoms with Gasteiger partial charge in [-0.2, -0.15) is 4.99 Å². The van der Waals surface area contributed by atoms with E-state index in [0.717, 1.165) is 50.2 Å². The molecule has 0 aromatic rings. The van der Waals surface area contributed by atoms with E-state index in [4.69, 9.17) is 0 Å². The third kappa shape index (κ3) is 3.01. The van der Waals surface area contributed by atoms with Crippen LogP contribution in [0.3, 0.4) is 0 Å². The number of carbonyl (C=O) groups excluding carboxylic acids is 2. The lowest BCUT2D eigenvalue weighted by Crippen LogP contribution is -2.30. The van der Waals surface area contributed by atoms with Gasteiger partial charge in [0.2, 0.25) is 5.91 Å². The quantitative estimate of drug-likeness (QED) is 0.769. The van der Waals surface area contributed by atoms with Crippen LogP contribution in [-0.4, -0.2) is 45.8 Å². The Morgan fingerprint density at radius 1 is 1.17 bits per heavy atom. The predicted octanol–water partition coefficient (Wildman–Crippen LogP) is 2.83. The Bertz CT molecular complexity index is 648. The van der Waals surface area contributed by atoms with Crippen molar-refractivity contribution in [3.05, 3.63) is 10.5 Å². The van der Waals surface area contributed by atoms with Gasteiger partial charge in [0.1, 0.15) is 5.92 Å². The van der Waals surface area contributed by atoms with E-state index in [0.29, 0.717) is 10.9 Å². The van der Waals surface area contributed by atoms with Crippen molar-refractivity contribution in [3.63, 3.8) is 0 Å². The number of thioether (sulfide) groups is 2. The number of fused-ring (bicyclic) bond motifs is 2. The summed E-state index contributed by atoms with van der Waals surface area (Å²) in [6, 6.07) is 0. The smallest absolute Gasteiger partial charge is 0.262 e. The van der Waals surface area contributed by atoms with Gasteiger partial charge in [0.25, 0.3) is 5.91 Å². The first-order valence-electron chi connectivity index (χ1n) is 8.24. The predicted molar refractivity (Wildman–Crippen MR) is 94.7 cm³/mol. The minimum atomic E-state index is -0.214. The molecular formula is C16H19N3O2S2. The summed E-state index contributed by atoms with van der Waals surface area (Å²) in [6.45, 7) is 1.71. The van der Waals surface area contributed by atoms with Gasteiger partial charge in [0.05, 0.1) is 10.8 Å². The molecule has 3 aliphatic heterocycles. The monoisotopic (exact) mass is 349 g/mol. The fourth-order valence-electron chi connectivity index (χ4n) is 3.53. The van der Waals surface area contributed by atoms with Crippen molar-refractivity contribution in [3.8, 4) is 0 Å². The summed E-state index contributed by atoms with van der Waals surface area (Å²) in [5.41, 5.74) is 1.26. The fourth-order valence-corrected chi connectivity index (χ4v) is 5.68. The van der Waals surface area contributed by atoms with Crippen molar-refractivity contribution in [2.75, 3.05) is 18.8 Å². The molecule has 0 N–H and O–H groups in total. The van der Waals surface area contributed by atoms with Gasteiger partial charge in [0.15, 0.2) is 5.17 Å². The molecule has 0 spiro atoms. The second-order valence-corrected chi connectivity index (χ2v) is 8.31. The Hall–Kier alpha value is -1.08. The molecule has 122 valence electrons. The number of hydrogen-bond acceptors (Lipinski definition) is 5. The minimum Gasteiger partial charge on any atom is -0.342 e. The van der Waals surface area contributed by atoms with E-state index in [9.17, 15) is 9.59 Å². The fraction of sp³-hybridized carbons (Fsp3) is 0.625. The Morgan fingerprint density at radius 3 is 2.78 bits per heavy atom. The highest BCUT2D eigenvalue weighted by Crippen LogP contribution is 2.47. The van der Waals surface area contributed by atoms with Crippen molar-refractivity contribution in [1.82, 2.24) is 4.90 Å². The van der Waals surface area contributed by atoms with Gasteiger partial charge in [-0.3, -0.25) is 9.59 Å². The maximum Gasteiger partial charge on any atom is 0.262 e. The summed E-state index contributed by atoms with van der Waals surface area (Å²) < 4.78 is 0. The van der Waals surface area contributed by atoms with Gasteiger partial charge in [-0.15, -0.1) is 0 Å². The number of hydrogen-bond donors (Lipinski definition) is 0. The SMILES string of the molecule is O=C1N=C(SCC(=O)N2CCCC2)N=C2SC3=C(CCCC3)C12. The number of likely N-dealkylation sites (tertiary alicyclic amines) is 1. The zero-order valence-corrected chi connectivity index (χ0v) is 14.5. The first-order chi connectivity index (χ1) is 11.2. The first kappa shape index (κ1) is 15.4. The topological polar surface area (TPSA) is 62.1 Å². The molecule has 1 fully saturated rings. The molecule has 4 aliphatic rings. The molecule has 1 saturated heterocycles. The second kappa shape index (κ2) is 6.43. The van der Waals surface area contributed by atoms with Crippen molar-refractivity contribution < 1.29 is 9.59 Å². The third-order valence-corrected chi connectivity index (χ3v) is 6.80. The van der Waals surface area contributed by atoms with E-state index >= 15 is 0 Å². The first-order valence-corrected chi connectivity index (χ1v) is 10.0. The van der Waals surface area contributed by atoms with Crippen LogP contribution in [0, 0.1) is 5.92 Å². The maximum absolute atomic E-state index is 12.4. The molecule has 5 nitrogen and oxygen atoms in total. The van der Waals surface area contributed by atoms with Gasteiger partial charge in [-0.25, -0.2) is 4.99 Å². The highest BCUT2D eigenvalue weighted by atomic mass is 32.2. The standard InChI is InChI=1S/C16H19N3O2S2/c20-12(19-7-3-4-8-19)9-22-16-17-14(21)13-10-5-1-2-6-11(10)23-15(13)18-16/h13H,1-9H2. The maximum atomic E-state index is 12.4. The van der Waals surface area contributed by atoms with Crippen molar-refractivity contribution in [1.29, 1.82) is 0 Å². The Balaban J connectivity index is 1.42. The van der Waals surface area contributed by atoms with E-state index in [2.05, 4.69) is 9.98 Å². The molecule has 0 radical (unpaired) electrons. The minimum absolute atomic E-state index is 0.0921. The van der Waals surface area contributed by atoms with Crippen LogP contribution < -0.4 is 0 Å². The molecule has 3 heterocycles. The summed E-state index contributed by atoms with van der Waals surface area (Å²) in [5, 5.41) is 1.34. The zero-order chi connectivity index (χ0) is 15.8. The summed E-state index contributed by atoms with van der Waals surface area (Å²) in [4.78, 5) is 36.5. The highest BCUT2D eigenvalue weighted by molar-refractivity contribution is 8.18. The van der Waals surface area contributed by atoms with Crippen LogP contribution in [0.5, 0.6) is 0 Å². The molecule has 1 aliphatic carbocycles. The molecule has 0 bridgehead atoms. The lowest BCUT2D eigenvalue weighted by Gasteiger charge is -2.18. The molecule has 0 aromatic heterocycles. The summed E-state index contributed by atoms with van der Waals surface area (Å²) in [7, 11) is 0. The van der Waals surface area contributed by atoms with Crippen LogP contribution in [0.15, 0.2) is 20.5 Å². The van der Waals surface area contributed by atoms with E-state index in [-0.39, 0.29) is 17.7 Å². The highest BCUT2D eigenvalue weighted by Gasteiger charge is 2.40. The average molecular weight is 349 g/mol. The van der Waals surface area contributed by atoms with Crippen LogP contribution >= 0.6 is 23.5 Å². The number of carbonyl (C=O) groups is 2. The normalized spacial score (nSPS) is 26.9. The van der Waals surface area contributed by atoms with Gasteiger partial charge < -0.3 is 4.90 Å². The molecule has 2 amide bonds. The molecule has 0 saturated carbocycles. The van der Waals surface area contributed by atoms with Gasteiger partial charge >= 0.3 is 0 Å². The van der Waals surface area contributed by atoms with Gasteiger partial charge in [0, 0.05) is 13.1 Å². The number of amidine groups is 1. The van der Waals surface area contributed by atoms with Crippen molar-refractivity contribution in [2.24, 2.45) is 15.9 Å². The van der Waals surface area contributed by atoms with Crippen LogP contribution in [0.2, 0.25) is 0 Å². The molecule has 4 rings (SSSR count). The van der Waals surface area contributed by atoms with Gasteiger partial charge in [-0.1, -0.05) is 23.5 Å². The number of allylic oxidation sites excluding steroid dienone is 1. The number of nitrogens with zero attached hydrogens (tertiary/aromatic N) is 3. The largest absolute Gasteiger partial charge is 0.342 e. The number of aliphatic imine (C=N–C) groups is 2. The molecule has 1 atom stereocenters. The molecule has 7 heteroatoms. The average Bonchev–Trinajstić information content (AvgIpc) is 3.19. The third-order valence-electron chi connectivity index (χ3n) is 4.72. The van der Waals surface area contributed by atoms with Crippen LogP contribution in [0.1, 0.15) is 38.5 Å². The summed E-state index contributed by atoms with van der Waals surface area (Å²) >= 11 is 2.96. The number of rotatable bonds is 2. The zero-order valence-electron chi connectivity index (χ0n) is 12.9. The van der Waals surface area contributed by atoms with Crippen molar-refractivity contribution >= 4 is 45.5 Å². The van der Waals surface area contributed by atoms with Crippen molar-refractivity contribution in [2.45, 2.75) is 38.5 Å². The van der Waals surface area contributed by atoms with E-state index in [1.807, 2.05) is 4.90 Å². The lowest BCUT2D eigenvalue weighted by molar-refractivity contribution is -0.127. The van der Waals surface area contributed by atoms with E-state index in [1.54, 1.807) is 11.8 Å². The summed E-state index contributed by atoms with van der Waals surface area (Å²) in [6.07, 6.45) is 6.61. The molecule has 0 aromatic carbocycles. The van der Waals surface area contributed by atoms with E-state index < -0.39 is 0 Å². The summed E-state index contributed by atoms with van der Waals surface area (Å²) in [5.74, 6) is 0.145. The van der Waals surface area contributed by atoms with Crippen LogP contribution in [-0.2, 0) is 9.59 Å². The lowest BCUT2D eigenvalue weighted by atomic mass is 9.89. The van der Waals surface area contributed by atoms with E-state index in [1.165, 1.54) is 28.7 Å². The Labute approximate surface area is 144 Å². The Morgan fingerprint density at radius 2 is 1.96 bits per heavy atom. The molecular weight excluding hydrogens is 330 g/mol. The molecule has 1 unspecified atom stereocenters. The van der Waals surface area contributed by atoms with Crippen LogP contribution in [0.25, 0.3) is 0 Å². The molecule has 23 heavy (non-hydrogen) atoms. The Kier molecular flexibility index (Phi) is 4.32. The number of amides is 2. The van der Waals surface area contributed by atoms with Crippen LogP contribution in [0.4, 0.5) is 0 Å². The second-order valence-electron chi connectivity index (χ2n) is 6.25. The van der Waals surface area contributed by atoms with Gasteiger partial charge in [-0.05, 0) is 49.0 Å².